The lowest BCUT2D eigenvalue weighted by atomic mass is 9.88. The molecule has 1 aromatic carbocycles. The lowest BCUT2D eigenvalue weighted by Crippen LogP contribution is -2.54. The summed E-state index contributed by atoms with van der Waals surface area (Å²) in [5.41, 5.74) is 0.528. The average molecular weight is 412 g/mol. The number of carbonyl (C=O) groups is 3. The van der Waals surface area contributed by atoms with E-state index in [1.54, 1.807) is 46.2 Å². The fourth-order valence-corrected chi connectivity index (χ4v) is 3.92. The molecule has 1 saturated heterocycles. The molecule has 0 bridgehead atoms. The summed E-state index contributed by atoms with van der Waals surface area (Å²) >= 11 is 0. The minimum Gasteiger partial charge on any atom is -0.459 e. The summed E-state index contributed by atoms with van der Waals surface area (Å²) in [6, 6.07) is 11.7. The van der Waals surface area contributed by atoms with Crippen LogP contribution in [0.3, 0.4) is 0 Å². The van der Waals surface area contributed by atoms with E-state index in [1.165, 1.54) is 6.26 Å². The number of amides is 3. The van der Waals surface area contributed by atoms with Gasteiger partial charge in [-0.15, -0.1) is 0 Å². The van der Waals surface area contributed by atoms with Gasteiger partial charge in [-0.1, -0.05) is 18.2 Å². The fourth-order valence-electron chi connectivity index (χ4n) is 3.92. The molecule has 3 rings (SSSR count). The van der Waals surface area contributed by atoms with Gasteiger partial charge in [0.05, 0.1) is 6.26 Å². The third kappa shape index (κ3) is 4.90. The van der Waals surface area contributed by atoms with Gasteiger partial charge in [-0.2, -0.15) is 0 Å². The Kier molecular flexibility index (Phi) is 7.27. The predicted octanol–water partition coefficient (Wildman–Crippen LogP) is 2.80. The standard InChI is InChI=1S/C23H29N3O4/c1-3-25(4-2)23(29)20(24-21(27)18-9-6-5-7-10-18)17-12-14-26(15-13-17)22(28)19-11-8-16-30-19/h5-11,16-17,20H,3-4,12-15H2,1-2H3,(H,24,27)/t20-/m0/s1. The number of hydrogen-bond acceptors (Lipinski definition) is 4. The lowest BCUT2D eigenvalue weighted by Gasteiger charge is -2.37. The highest BCUT2D eigenvalue weighted by atomic mass is 16.3. The van der Waals surface area contributed by atoms with E-state index >= 15 is 0 Å². The van der Waals surface area contributed by atoms with Crippen molar-refractivity contribution in [2.75, 3.05) is 26.2 Å². The maximum absolute atomic E-state index is 13.2. The van der Waals surface area contributed by atoms with Crippen molar-refractivity contribution in [2.45, 2.75) is 32.7 Å². The van der Waals surface area contributed by atoms with Gasteiger partial charge in [0.15, 0.2) is 5.76 Å². The van der Waals surface area contributed by atoms with E-state index in [1.807, 2.05) is 19.9 Å². The van der Waals surface area contributed by atoms with Crippen LogP contribution < -0.4 is 5.32 Å². The number of likely N-dealkylation sites (N-methyl/N-ethyl adjacent to an activating group) is 1. The van der Waals surface area contributed by atoms with Crippen LogP contribution in [0.25, 0.3) is 0 Å². The molecule has 160 valence electrons. The first-order chi connectivity index (χ1) is 14.5. The van der Waals surface area contributed by atoms with Crippen molar-refractivity contribution in [3.63, 3.8) is 0 Å². The van der Waals surface area contributed by atoms with Crippen molar-refractivity contribution < 1.29 is 18.8 Å². The second kappa shape index (κ2) is 10.1. The van der Waals surface area contributed by atoms with Gasteiger partial charge in [-0.05, 0) is 56.9 Å². The average Bonchev–Trinajstić information content (AvgIpc) is 3.33. The first-order valence-corrected chi connectivity index (χ1v) is 10.5. The number of benzene rings is 1. The molecule has 1 aliphatic rings. The number of carbonyl (C=O) groups excluding carboxylic acids is 3. The van der Waals surface area contributed by atoms with Crippen molar-refractivity contribution in [1.29, 1.82) is 0 Å². The van der Waals surface area contributed by atoms with E-state index in [0.717, 1.165) is 0 Å². The van der Waals surface area contributed by atoms with Crippen LogP contribution in [-0.4, -0.2) is 59.7 Å². The summed E-state index contributed by atoms with van der Waals surface area (Å²) < 4.78 is 5.21. The van der Waals surface area contributed by atoms with Gasteiger partial charge in [-0.25, -0.2) is 0 Å². The van der Waals surface area contributed by atoms with E-state index in [-0.39, 0.29) is 23.6 Å². The van der Waals surface area contributed by atoms with Crippen molar-refractivity contribution in [2.24, 2.45) is 5.92 Å². The largest absolute Gasteiger partial charge is 0.459 e. The Bertz CT molecular complexity index is 839. The third-order valence-electron chi connectivity index (χ3n) is 5.69. The Labute approximate surface area is 177 Å². The normalized spacial score (nSPS) is 15.5. The summed E-state index contributed by atoms with van der Waals surface area (Å²) in [4.78, 5) is 42.0. The smallest absolute Gasteiger partial charge is 0.289 e. The SMILES string of the molecule is CCN(CC)C(=O)[C@@H](NC(=O)c1ccccc1)C1CCN(C(=O)c2ccco2)CC1. The number of piperidine rings is 1. The molecule has 2 aromatic rings. The zero-order valence-electron chi connectivity index (χ0n) is 17.5. The number of nitrogens with one attached hydrogen (secondary N) is 1. The van der Waals surface area contributed by atoms with Crippen LogP contribution in [0.2, 0.25) is 0 Å². The minimum atomic E-state index is -0.613. The quantitative estimate of drug-likeness (QED) is 0.760. The van der Waals surface area contributed by atoms with E-state index < -0.39 is 6.04 Å². The Morgan fingerprint density at radius 3 is 2.30 bits per heavy atom. The van der Waals surface area contributed by atoms with Crippen LogP contribution in [0.15, 0.2) is 53.1 Å². The molecular weight excluding hydrogens is 382 g/mol. The number of rotatable bonds is 7. The first kappa shape index (κ1) is 21.6. The second-order valence-corrected chi connectivity index (χ2v) is 7.43. The summed E-state index contributed by atoms with van der Waals surface area (Å²) in [7, 11) is 0. The molecule has 0 saturated carbocycles. The molecule has 2 heterocycles. The zero-order valence-corrected chi connectivity index (χ0v) is 17.5. The monoisotopic (exact) mass is 411 g/mol. The fraction of sp³-hybridized carbons (Fsp3) is 0.435. The van der Waals surface area contributed by atoms with Gasteiger partial charge in [0, 0.05) is 31.7 Å². The van der Waals surface area contributed by atoms with Gasteiger partial charge < -0.3 is 19.5 Å². The summed E-state index contributed by atoms with van der Waals surface area (Å²) in [6.07, 6.45) is 2.76. The number of hydrogen-bond donors (Lipinski definition) is 1. The number of furan rings is 1. The molecule has 1 N–H and O–H groups in total. The van der Waals surface area contributed by atoms with Crippen LogP contribution in [-0.2, 0) is 4.79 Å². The summed E-state index contributed by atoms with van der Waals surface area (Å²) in [5, 5.41) is 2.97. The van der Waals surface area contributed by atoms with E-state index in [9.17, 15) is 14.4 Å². The van der Waals surface area contributed by atoms with Crippen molar-refractivity contribution in [1.82, 2.24) is 15.1 Å². The molecule has 1 aliphatic heterocycles. The van der Waals surface area contributed by atoms with Crippen molar-refractivity contribution in [3.05, 3.63) is 60.1 Å². The molecule has 30 heavy (non-hydrogen) atoms. The number of likely N-dealkylation sites (tertiary alicyclic amines) is 1. The molecular formula is C23H29N3O4. The lowest BCUT2D eigenvalue weighted by molar-refractivity contribution is -0.134. The summed E-state index contributed by atoms with van der Waals surface area (Å²) in [6.45, 7) is 6.08. The molecule has 0 spiro atoms. The third-order valence-corrected chi connectivity index (χ3v) is 5.69. The molecule has 1 atom stereocenters. The van der Waals surface area contributed by atoms with Gasteiger partial charge in [0.1, 0.15) is 6.04 Å². The zero-order chi connectivity index (χ0) is 21.5. The highest BCUT2D eigenvalue weighted by Crippen LogP contribution is 2.24. The van der Waals surface area contributed by atoms with E-state index in [0.29, 0.717) is 50.3 Å². The second-order valence-electron chi connectivity index (χ2n) is 7.43. The predicted molar refractivity (Wildman–Crippen MR) is 113 cm³/mol. The maximum Gasteiger partial charge on any atom is 0.289 e. The van der Waals surface area contributed by atoms with Crippen molar-refractivity contribution in [3.8, 4) is 0 Å². The Hall–Kier alpha value is -3.09. The highest BCUT2D eigenvalue weighted by Gasteiger charge is 2.36. The molecule has 7 heteroatoms. The summed E-state index contributed by atoms with van der Waals surface area (Å²) in [5.74, 6) is -0.179. The van der Waals surface area contributed by atoms with Gasteiger partial charge in [0.2, 0.25) is 5.91 Å². The number of nitrogens with zero attached hydrogens (tertiary/aromatic N) is 2. The highest BCUT2D eigenvalue weighted by molar-refractivity contribution is 5.97. The maximum atomic E-state index is 13.2. The van der Waals surface area contributed by atoms with Crippen LogP contribution in [0, 0.1) is 5.92 Å². The van der Waals surface area contributed by atoms with Crippen LogP contribution in [0.1, 0.15) is 47.6 Å². The first-order valence-electron chi connectivity index (χ1n) is 10.5. The van der Waals surface area contributed by atoms with Gasteiger partial charge in [0.25, 0.3) is 11.8 Å². The molecule has 7 nitrogen and oxygen atoms in total. The van der Waals surface area contributed by atoms with Crippen LogP contribution >= 0.6 is 0 Å². The van der Waals surface area contributed by atoms with Crippen LogP contribution in [0.4, 0.5) is 0 Å². The molecule has 0 radical (unpaired) electrons. The topological polar surface area (TPSA) is 82.9 Å². The minimum absolute atomic E-state index is 0.0357. The van der Waals surface area contributed by atoms with Gasteiger partial charge in [-0.3, -0.25) is 14.4 Å². The molecule has 0 aliphatic carbocycles. The molecule has 0 unspecified atom stereocenters. The van der Waals surface area contributed by atoms with Crippen molar-refractivity contribution >= 4 is 17.7 Å². The Balaban J connectivity index is 1.71. The molecule has 1 fully saturated rings. The van der Waals surface area contributed by atoms with E-state index in [2.05, 4.69) is 5.32 Å². The van der Waals surface area contributed by atoms with E-state index in [4.69, 9.17) is 4.42 Å². The Morgan fingerprint density at radius 1 is 1.07 bits per heavy atom. The molecule has 1 aromatic heterocycles. The van der Waals surface area contributed by atoms with Crippen LogP contribution in [0.5, 0.6) is 0 Å². The Morgan fingerprint density at radius 2 is 1.73 bits per heavy atom. The van der Waals surface area contributed by atoms with Gasteiger partial charge >= 0.3 is 0 Å². The molecule has 3 amide bonds.